The zero-order valence-electron chi connectivity index (χ0n) is 9.87. The summed E-state index contributed by atoms with van der Waals surface area (Å²) in [7, 11) is 1.74. The third-order valence-corrected chi connectivity index (χ3v) is 4.27. The molecule has 2 N–H and O–H groups in total. The molecule has 92 valence electrons. The fourth-order valence-corrected chi connectivity index (χ4v) is 3.31. The first-order chi connectivity index (χ1) is 7.70. The second-order valence-electron chi connectivity index (χ2n) is 5.12. The Morgan fingerprint density at radius 3 is 2.38 bits per heavy atom. The van der Waals surface area contributed by atoms with Gasteiger partial charge in [0.25, 0.3) is 0 Å². The van der Waals surface area contributed by atoms with E-state index in [0.29, 0.717) is 19.1 Å². The molecule has 1 saturated carbocycles. The minimum Gasteiger partial charge on any atom is -0.480 e. The van der Waals surface area contributed by atoms with Crippen LogP contribution in [0.3, 0.4) is 0 Å². The highest BCUT2D eigenvalue weighted by molar-refractivity contribution is 5.75. The van der Waals surface area contributed by atoms with E-state index in [0.717, 1.165) is 12.8 Å². The molecule has 0 amide bonds. The molecule has 1 heterocycles. The molecule has 4 nitrogen and oxygen atoms in total. The van der Waals surface area contributed by atoms with Gasteiger partial charge < -0.3 is 15.2 Å². The van der Waals surface area contributed by atoms with Crippen molar-refractivity contribution in [3.63, 3.8) is 0 Å². The highest BCUT2D eigenvalue weighted by atomic mass is 16.5. The van der Waals surface area contributed by atoms with Crippen LogP contribution in [0.4, 0.5) is 0 Å². The lowest BCUT2D eigenvalue weighted by Crippen LogP contribution is -2.63. The van der Waals surface area contributed by atoms with Gasteiger partial charge in [-0.2, -0.15) is 0 Å². The van der Waals surface area contributed by atoms with Gasteiger partial charge in [0.2, 0.25) is 0 Å². The van der Waals surface area contributed by atoms with Gasteiger partial charge in [0, 0.05) is 5.41 Å². The summed E-state index contributed by atoms with van der Waals surface area (Å²) in [4.78, 5) is 11.3. The molecule has 4 heteroatoms. The predicted molar refractivity (Wildman–Crippen MR) is 60.3 cm³/mol. The highest BCUT2D eigenvalue weighted by Gasteiger charge is 2.53. The van der Waals surface area contributed by atoms with E-state index in [9.17, 15) is 9.90 Å². The standard InChI is InChI=1S/C12H21NO3/c1-13-10(11(14)15)12(7-16-8-12)9-5-3-2-4-6-9/h9-10,13H,2-8H2,1H3,(H,14,15). The van der Waals surface area contributed by atoms with Gasteiger partial charge >= 0.3 is 5.97 Å². The van der Waals surface area contributed by atoms with Gasteiger partial charge in [-0.15, -0.1) is 0 Å². The maximum absolute atomic E-state index is 11.3. The Balaban J connectivity index is 2.13. The van der Waals surface area contributed by atoms with Gasteiger partial charge in [0.15, 0.2) is 0 Å². The fourth-order valence-electron chi connectivity index (χ4n) is 3.31. The zero-order valence-corrected chi connectivity index (χ0v) is 9.87. The van der Waals surface area contributed by atoms with Crippen LogP contribution in [0.15, 0.2) is 0 Å². The molecular formula is C12H21NO3. The maximum atomic E-state index is 11.3. The molecule has 1 aliphatic carbocycles. The van der Waals surface area contributed by atoms with Gasteiger partial charge in [-0.05, 0) is 25.8 Å². The SMILES string of the molecule is CNC(C(=O)O)C1(C2CCCCC2)COC1. The smallest absolute Gasteiger partial charge is 0.321 e. The van der Waals surface area contributed by atoms with Crippen molar-refractivity contribution in [2.75, 3.05) is 20.3 Å². The van der Waals surface area contributed by atoms with Crippen molar-refractivity contribution in [2.24, 2.45) is 11.3 Å². The molecular weight excluding hydrogens is 206 g/mol. The quantitative estimate of drug-likeness (QED) is 0.759. The average Bonchev–Trinajstić information content (AvgIpc) is 2.23. The number of carboxylic acids is 1. The first-order valence-electron chi connectivity index (χ1n) is 6.18. The number of rotatable bonds is 4. The van der Waals surface area contributed by atoms with Crippen LogP contribution in [0.5, 0.6) is 0 Å². The number of carbonyl (C=O) groups is 1. The summed E-state index contributed by atoms with van der Waals surface area (Å²) in [6, 6.07) is -0.454. The van der Waals surface area contributed by atoms with Crippen molar-refractivity contribution >= 4 is 5.97 Å². The lowest BCUT2D eigenvalue weighted by atomic mass is 9.63. The van der Waals surface area contributed by atoms with Crippen molar-refractivity contribution in [1.29, 1.82) is 0 Å². The number of likely N-dealkylation sites (N-methyl/N-ethyl adjacent to an activating group) is 1. The third kappa shape index (κ3) is 1.84. The summed E-state index contributed by atoms with van der Waals surface area (Å²) in [6.07, 6.45) is 6.10. The van der Waals surface area contributed by atoms with Crippen LogP contribution in [-0.4, -0.2) is 37.4 Å². The minimum atomic E-state index is -0.739. The first-order valence-corrected chi connectivity index (χ1v) is 6.18. The number of carboxylic acid groups (broad SMARTS) is 1. The Kier molecular flexibility index (Phi) is 3.50. The van der Waals surface area contributed by atoms with Gasteiger partial charge in [0.05, 0.1) is 13.2 Å². The molecule has 1 aliphatic heterocycles. The minimum absolute atomic E-state index is 0.152. The summed E-state index contributed by atoms with van der Waals surface area (Å²) in [5, 5.41) is 12.2. The number of aliphatic carboxylic acids is 1. The Morgan fingerprint density at radius 1 is 1.38 bits per heavy atom. The molecule has 1 atom stereocenters. The molecule has 0 aromatic rings. The number of ether oxygens (including phenoxy) is 1. The van der Waals surface area contributed by atoms with E-state index in [-0.39, 0.29) is 5.41 Å². The van der Waals surface area contributed by atoms with E-state index in [1.54, 1.807) is 7.05 Å². The van der Waals surface area contributed by atoms with Crippen LogP contribution in [0.1, 0.15) is 32.1 Å². The van der Waals surface area contributed by atoms with Gasteiger partial charge in [-0.1, -0.05) is 19.3 Å². The third-order valence-electron chi connectivity index (χ3n) is 4.27. The van der Waals surface area contributed by atoms with Crippen LogP contribution >= 0.6 is 0 Å². The van der Waals surface area contributed by atoms with Crippen LogP contribution in [-0.2, 0) is 9.53 Å². The molecule has 0 spiro atoms. The maximum Gasteiger partial charge on any atom is 0.321 e. The molecule has 0 aromatic carbocycles. The Bertz CT molecular complexity index is 257. The fraction of sp³-hybridized carbons (Fsp3) is 0.917. The molecule has 0 aromatic heterocycles. The first kappa shape index (κ1) is 11.9. The van der Waals surface area contributed by atoms with Crippen molar-refractivity contribution in [3.8, 4) is 0 Å². The number of hydrogen-bond donors (Lipinski definition) is 2. The van der Waals surface area contributed by atoms with Crippen molar-refractivity contribution in [2.45, 2.75) is 38.1 Å². The van der Waals surface area contributed by atoms with Crippen LogP contribution in [0.25, 0.3) is 0 Å². The summed E-state index contributed by atoms with van der Waals surface area (Å²) in [5.74, 6) is -0.222. The van der Waals surface area contributed by atoms with Gasteiger partial charge in [-0.25, -0.2) is 0 Å². The molecule has 1 saturated heterocycles. The van der Waals surface area contributed by atoms with Crippen molar-refractivity contribution < 1.29 is 14.6 Å². The Hall–Kier alpha value is -0.610. The van der Waals surface area contributed by atoms with E-state index in [4.69, 9.17) is 4.74 Å². The molecule has 0 bridgehead atoms. The van der Waals surface area contributed by atoms with E-state index in [1.807, 2.05) is 0 Å². The number of nitrogens with one attached hydrogen (secondary N) is 1. The lowest BCUT2D eigenvalue weighted by molar-refractivity contribution is -0.185. The van der Waals surface area contributed by atoms with E-state index >= 15 is 0 Å². The summed E-state index contributed by atoms with van der Waals surface area (Å²) >= 11 is 0. The monoisotopic (exact) mass is 227 g/mol. The van der Waals surface area contributed by atoms with Gasteiger partial charge in [-0.3, -0.25) is 4.79 Å². The van der Waals surface area contributed by atoms with E-state index in [2.05, 4.69) is 5.32 Å². The second-order valence-corrected chi connectivity index (χ2v) is 5.12. The normalized spacial score (nSPS) is 27.1. The summed E-state index contributed by atoms with van der Waals surface area (Å²) in [5.41, 5.74) is -0.152. The predicted octanol–water partition coefficient (Wildman–Crippen LogP) is 1.26. The summed E-state index contributed by atoms with van der Waals surface area (Å²) < 4.78 is 5.32. The topological polar surface area (TPSA) is 58.6 Å². The highest BCUT2D eigenvalue weighted by Crippen LogP contribution is 2.46. The Labute approximate surface area is 96.4 Å². The average molecular weight is 227 g/mol. The van der Waals surface area contributed by atoms with E-state index < -0.39 is 12.0 Å². The Morgan fingerprint density at radius 2 is 2.00 bits per heavy atom. The van der Waals surface area contributed by atoms with Crippen LogP contribution in [0.2, 0.25) is 0 Å². The van der Waals surface area contributed by atoms with Crippen LogP contribution in [0, 0.1) is 11.3 Å². The molecule has 16 heavy (non-hydrogen) atoms. The molecule has 2 rings (SSSR count). The van der Waals surface area contributed by atoms with Crippen LogP contribution < -0.4 is 5.32 Å². The molecule has 1 unspecified atom stereocenters. The van der Waals surface area contributed by atoms with Gasteiger partial charge in [0.1, 0.15) is 6.04 Å². The summed E-state index contributed by atoms with van der Waals surface area (Å²) in [6.45, 7) is 1.21. The van der Waals surface area contributed by atoms with Crippen molar-refractivity contribution in [1.82, 2.24) is 5.32 Å². The van der Waals surface area contributed by atoms with E-state index in [1.165, 1.54) is 19.3 Å². The molecule has 0 radical (unpaired) electrons. The molecule has 2 aliphatic rings. The second kappa shape index (κ2) is 4.72. The lowest BCUT2D eigenvalue weighted by Gasteiger charge is -2.51. The largest absolute Gasteiger partial charge is 0.480 e. The number of hydrogen-bond acceptors (Lipinski definition) is 3. The van der Waals surface area contributed by atoms with Crippen molar-refractivity contribution in [3.05, 3.63) is 0 Å². The molecule has 2 fully saturated rings. The zero-order chi connectivity index (χ0) is 11.6.